The lowest BCUT2D eigenvalue weighted by Crippen LogP contribution is -2.05. The molecule has 0 bridgehead atoms. The zero-order valence-electron chi connectivity index (χ0n) is 4.65. The molecule has 0 heterocycles. The minimum absolute atomic E-state index is 1.01. The molecule has 0 saturated heterocycles. The SMILES string of the molecule is CNCC/C=C/N. The molecule has 0 radical (unpaired) electrons. The van der Waals surface area contributed by atoms with Crippen molar-refractivity contribution in [3.63, 3.8) is 0 Å². The summed E-state index contributed by atoms with van der Waals surface area (Å²) < 4.78 is 0. The Labute approximate surface area is 44.4 Å². The molecule has 0 aliphatic heterocycles. The van der Waals surface area contributed by atoms with Crippen LogP contribution >= 0.6 is 0 Å². The Bertz CT molecular complexity index is 50.0. The second-order valence-electron chi connectivity index (χ2n) is 1.32. The first-order chi connectivity index (χ1) is 3.41. The van der Waals surface area contributed by atoms with Crippen molar-refractivity contribution in [3.8, 4) is 0 Å². The summed E-state index contributed by atoms with van der Waals surface area (Å²) in [6.45, 7) is 1.01. The smallest absolute Gasteiger partial charge is 0.00166 e. The first-order valence-corrected chi connectivity index (χ1v) is 2.43. The molecule has 2 nitrogen and oxygen atoms in total. The highest BCUT2D eigenvalue weighted by Gasteiger charge is 1.71. The van der Waals surface area contributed by atoms with E-state index in [2.05, 4.69) is 5.32 Å². The van der Waals surface area contributed by atoms with E-state index >= 15 is 0 Å². The van der Waals surface area contributed by atoms with E-state index < -0.39 is 0 Å². The molecule has 0 aliphatic rings. The molecule has 0 atom stereocenters. The molecule has 0 unspecified atom stereocenters. The topological polar surface area (TPSA) is 38.0 Å². The van der Waals surface area contributed by atoms with E-state index in [4.69, 9.17) is 5.73 Å². The zero-order chi connectivity index (χ0) is 5.54. The Kier molecular flexibility index (Phi) is 5.11. The van der Waals surface area contributed by atoms with Gasteiger partial charge in [0.05, 0.1) is 0 Å². The fourth-order valence-corrected chi connectivity index (χ4v) is 0.324. The number of nitrogens with one attached hydrogen (secondary N) is 1. The molecule has 7 heavy (non-hydrogen) atoms. The molecular formula is C5H12N2. The van der Waals surface area contributed by atoms with Gasteiger partial charge in [0.15, 0.2) is 0 Å². The fraction of sp³-hybridized carbons (Fsp3) is 0.600. The summed E-state index contributed by atoms with van der Waals surface area (Å²) in [5, 5.41) is 3.00. The zero-order valence-corrected chi connectivity index (χ0v) is 4.65. The van der Waals surface area contributed by atoms with Crippen LogP contribution in [0.4, 0.5) is 0 Å². The summed E-state index contributed by atoms with van der Waals surface area (Å²) in [4.78, 5) is 0. The van der Waals surface area contributed by atoms with E-state index in [1.165, 1.54) is 0 Å². The summed E-state index contributed by atoms with van der Waals surface area (Å²) in [5.74, 6) is 0. The van der Waals surface area contributed by atoms with Crippen LogP contribution in [0.25, 0.3) is 0 Å². The maximum Gasteiger partial charge on any atom is -0.00166 e. The molecule has 3 N–H and O–H groups in total. The molecule has 0 aromatic heterocycles. The van der Waals surface area contributed by atoms with Crippen LogP contribution < -0.4 is 11.1 Å². The average molecular weight is 100 g/mol. The van der Waals surface area contributed by atoms with Crippen LogP contribution in [0, 0.1) is 0 Å². The van der Waals surface area contributed by atoms with E-state index in [1.807, 2.05) is 13.1 Å². The second kappa shape index (κ2) is 5.50. The lowest BCUT2D eigenvalue weighted by atomic mass is 10.4. The molecule has 0 fully saturated rings. The average Bonchev–Trinajstić information content (AvgIpc) is 1.69. The van der Waals surface area contributed by atoms with E-state index in [-0.39, 0.29) is 0 Å². The van der Waals surface area contributed by atoms with E-state index in [0.29, 0.717) is 0 Å². The van der Waals surface area contributed by atoms with Gasteiger partial charge in [0, 0.05) is 0 Å². The number of nitrogens with two attached hydrogens (primary N) is 1. The third kappa shape index (κ3) is 5.50. The Morgan fingerprint density at radius 3 is 2.86 bits per heavy atom. The van der Waals surface area contributed by atoms with Gasteiger partial charge in [0.1, 0.15) is 0 Å². The molecule has 42 valence electrons. The van der Waals surface area contributed by atoms with Gasteiger partial charge in [-0.05, 0) is 26.2 Å². The van der Waals surface area contributed by atoms with Gasteiger partial charge in [-0.2, -0.15) is 0 Å². The number of hydrogen-bond donors (Lipinski definition) is 2. The monoisotopic (exact) mass is 100 g/mol. The van der Waals surface area contributed by atoms with Crippen LogP contribution in [0.2, 0.25) is 0 Å². The Balaban J connectivity index is 2.69. The highest BCUT2D eigenvalue weighted by atomic mass is 14.8. The van der Waals surface area contributed by atoms with E-state index in [9.17, 15) is 0 Å². The van der Waals surface area contributed by atoms with Crippen molar-refractivity contribution in [1.29, 1.82) is 0 Å². The van der Waals surface area contributed by atoms with Crippen LogP contribution in [-0.2, 0) is 0 Å². The molecule has 0 aromatic rings. The minimum Gasteiger partial charge on any atom is -0.405 e. The molecule has 0 aromatic carbocycles. The first-order valence-electron chi connectivity index (χ1n) is 2.43. The molecule has 0 saturated carbocycles. The summed E-state index contributed by atoms with van der Waals surface area (Å²) in [6, 6.07) is 0. The van der Waals surface area contributed by atoms with Crippen LogP contribution in [0.3, 0.4) is 0 Å². The lowest BCUT2D eigenvalue weighted by molar-refractivity contribution is 0.807. The van der Waals surface area contributed by atoms with Gasteiger partial charge in [-0.25, -0.2) is 0 Å². The quantitative estimate of drug-likeness (QED) is 0.492. The van der Waals surface area contributed by atoms with Gasteiger partial charge >= 0.3 is 0 Å². The highest BCUT2D eigenvalue weighted by Crippen LogP contribution is 1.73. The summed E-state index contributed by atoms with van der Waals surface area (Å²) in [5.41, 5.74) is 5.06. The van der Waals surface area contributed by atoms with Gasteiger partial charge < -0.3 is 11.1 Å². The van der Waals surface area contributed by atoms with Crippen molar-refractivity contribution >= 4 is 0 Å². The maximum atomic E-state index is 5.06. The van der Waals surface area contributed by atoms with Gasteiger partial charge in [0.2, 0.25) is 0 Å². The predicted molar refractivity (Wildman–Crippen MR) is 31.9 cm³/mol. The fourth-order valence-electron chi connectivity index (χ4n) is 0.324. The number of rotatable bonds is 3. The van der Waals surface area contributed by atoms with Gasteiger partial charge in [-0.15, -0.1) is 0 Å². The predicted octanol–water partition coefficient (Wildman–Crippen LogP) is 0.0683. The van der Waals surface area contributed by atoms with Gasteiger partial charge in [0.25, 0.3) is 0 Å². The molecule has 0 spiro atoms. The van der Waals surface area contributed by atoms with Crippen LogP contribution in [0.1, 0.15) is 6.42 Å². The van der Waals surface area contributed by atoms with Crippen LogP contribution in [-0.4, -0.2) is 13.6 Å². The maximum absolute atomic E-state index is 5.06. The summed E-state index contributed by atoms with van der Waals surface area (Å²) >= 11 is 0. The van der Waals surface area contributed by atoms with Crippen LogP contribution in [0.5, 0.6) is 0 Å². The van der Waals surface area contributed by atoms with Crippen LogP contribution in [0.15, 0.2) is 12.3 Å². The molecular weight excluding hydrogens is 88.1 g/mol. The van der Waals surface area contributed by atoms with Crippen molar-refractivity contribution in [2.24, 2.45) is 5.73 Å². The minimum atomic E-state index is 1.01. The summed E-state index contributed by atoms with van der Waals surface area (Å²) in [7, 11) is 1.92. The molecule has 0 aliphatic carbocycles. The Morgan fingerprint density at radius 2 is 2.43 bits per heavy atom. The van der Waals surface area contributed by atoms with E-state index in [1.54, 1.807) is 6.20 Å². The van der Waals surface area contributed by atoms with Crippen molar-refractivity contribution in [1.82, 2.24) is 5.32 Å². The van der Waals surface area contributed by atoms with Crippen molar-refractivity contribution < 1.29 is 0 Å². The molecule has 0 rings (SSSR count). The van der Waals surface area contributed by atoms with Crippen molar-refractivity contribution in [2.75, 3.05) is 13.6 Å². The first kappa shape index (κ1) is 6.50. The van der Waals surface area contributed by atoms with Crippen molar-refractivity contribution in [3.05, 3.63) is 12.3 Å². The van der Waals surface area contributed by atoms with E-state index in [0.717, 1.165) is 13.0 Å². The highest BCUT2D eigenvalue weighted by molar-refractivity contribution is 4.75. The van der Waals surface area contributed by atoms with Crippen molar-refractivity contribution in [2.45, 2.75) is 6.42 Å². The summed E-state index contributed by atoms with van der Waals surface area (Å²) in [6.07, 6.45) is 4.51. The third-order valence-electron chi connectivity index (χ3n) is 0.697. The van der Waals surface area contributed by atoms with Gasteiger partial charge in [-0.1, -0.05) is 6.08 Å². The third-order valence-corrected chi connectivity index (χ3v) is 0.697. The molecule has 0 amide bonds. The number of hydrogen-bond acceptors (Lipinski definition) is 2. The molecule has 2 heteroatoms. The normalized spacial score (nSPS) is 10.4. The van der Waals surface area contributed by atoms with Gasteiger partial charge in [-0.3, -0.25) is 0 Å². The lowest BCUT2D eigenvalue weighted by Gasteiger charge is -1.87. The Morgan fingerprint density at radius 1 is 1.71 bits per heavy atom. The standard InChI is InChI=1S/C5H12N2/c1-7-5-3-2-4-6/h2,4,7H,3,5-6H2,1H3/b4-2+. The second-order valence-corrected chi connectivity index (χ2v) is 1.32. The Hall–Kier alpha value is -0.500. The largest absolute Gasteiger partial charge is 0.405 e.